The highest BCUT2D eigenvalue weighted by molar-refractivity contribution is 5.92. The lowest BCUT2D eigenvalue weighted by atomic mass is 10.2. The first-order valence-corrected chi connectivity index (χ1v) is 8.41. The molecule has 0 spiro atoms. The summed E-state index contributed by atoms with van der Waals surface area (Å²) in [6.45, 7) is 6.92. The van der Waals surface area contributed by atoms with Crippen LogP contribution in [0.1, 0.15) is 36.5 Å². The van der Waals surface area contributed by atoms with Crippen LogP contribution < -0.4 is 5.32 Å². The molecule has 2 aliphatic rings. The summed E-state index contributed by atoms with van der Waals surface area (Å²) >= 11 is 0. The Kier molecular flexibility index (Phi) is 5.15. The standard InChI is InChI=1S/C16H24N4O4/c1-3-24-15-10-23-9-14(15)17-16(22)13-7-12-8-19(11(2)21)5-4-6-20(12)18-13/h7,14-15H,3-6,8-10H2,1-2H3,(H,17,22)/t14-,15-/m1/s1. The van der Waals surface area contributed by atoms with E-state index < -0.39 is 0 Å². The normalized spacial score (nSPS) is 23.7. The van der Waals surface area contributed by atoms with Crippen LogP contribution in [0.25, 0.3) is 0 Å². The maximum absolute atomic E-state index is 12.5. The van der Waals surface area contributed by atoms with Gasteiger partial charge in [0.05, 0.1) is 31.5 Å². The number of amides is 2. The molecule has 1 saturated heterocycles. The van der Waals surface area contributed by atoms with E-state index in [-0.39, 0.29) is 24.0 Å². The van der Waals surface area contributed by atoms with Gasteiger partial charge in [0, 0.05) is 26.6 Å². The average Bonchev–Trinajstić information content (AvgIpc) is 3.09. The fraction of sp³-hybridized carbons (Fsp3) is 0.688. The van der Waals surface area contributed by atoms with E-state index in [1.54, 1.807) is 17.9 Å². The van der Waals surface area contributed by atoms with Gasteiger partial charge >= 0.3 is 0 Å². The molecule has 2 aliphatic heterocycles. The Bertz CT molecular complexity index is 615. The Morgan fingerprint density at radius 1 is 1.42 bits per heavy atom. The largest absolute Gasteiger partial charge is 0.376 e. The minimum Gasteiger partial charge on any atom is -0.376 e. The summed E-state index contributed by atoms with van der Waals surface area (Å²) in [7, 11) is 0. The van der Waals surface area contributed by atoms with Crippen molar-refractivity contribution >= 4 is 11.8 Å². The van der Waals surface area contributed by atoms with Crippen molar-refractivity contribution in [1.82, 2.24) is 20.0 Å². The highest BCUT2D eigenvalue weighted by atomic mass is 16.5. The SMILES string of the molecule is CCO[C@@H]1COC[C@H]1NC(=O)c1cc2n(n1)CCCN(C(C)=O)C2. The number of hydrogen-bond acceptors (Lipinski definition) is 5. The molecule has 132 valence electrons. The van der Waals surface area contributed by atoms with Gasteiger partial charge in [-0.1, -0.05) is 0 Å². The van der Waals surface area contributed by atoms with E-state index in [0.29, 0.717) is 38.6 Å². The summed E-state index contributed by atoms with van der Waals surface area (Å²) in [4.78, 5) is 25.9. The van der Waals surface area contributed by atoms with E-state index >= 15 is 0 Å². The molecule has 1 N–H and O–H groups in total. The van der Waals surface area contributed by atoms with Gasteiger partial charge in [0.15, 0.2) is 5.69 Å². The maximum Gasteiger partial charge on any atom is 0.272 e. The van der Waals surface area contributed by atoms with Crippen molar-refractivity contribution in [3.05, 3.63) is 17.5 Å². The molecule has 8 nitrogen and oxygen atoms in total. The number of aromatic nitrogens is 2. The van der Waals surface area contributed by atoms with Crippen LogP contribution in [0.2, 0.25) is 0 Å². The molecule has 1 fully saturated rings. The Hall–Kier alpha value is -1.93. The molecule has 0 unspecified atom stereocenters. The molecule has 0 bridgehead atoms. The number of aryl methyl sites for hydroxylation is 1. The summed E-state index contributed by atoms with van der Waals surface area (Å²) in [5.74, 6) is -0.191. The van der Waals surface area contributed by atoms with Crippen LogP contribution in [0.5, 0.6) is 0 Å². The lowest BCUT2D eigenvalue weighted by molar-refractivity contribution is -0.129. The second-order valence-corrected chi connectivity index (χ2v) is 6.15. The molecule has 8 heteroatoms. The summed E-state index contributed by atoms with van der Waals surface area (Å²) in [5, 5.41) is 7.35. The van der Waals surface area contributed by atoms with Gasteiger partial charge in [-0.3, -0.25) is 14.3 Å². The smallest absolute Gasteiger partial charge is 0.272 e. The van der Waals surface area contributed by atoms with E-state index in [1.165, 1.54) is 0 Å². The van der Waals surface area contributed by atoms with Gasteiger partial charge in [0.25, 0.3) is 5.91 Å². The van der Waals surface area contributed by atoms with Crippen molar-refractivity contribution in [1.29, 1.82) is 0 Å². The van der Waals surface area contributed by atoms with Gasteiger partial charge < -0.3 is 19.7 Å². The number of ether oxygens (including phenoxy) is 2. The van der Waals surface area contributed by atoms with Crippen molar-refractivity contribution in [2.24, 2.45) is 0 Å². The van der Waals surface area contributed by atoms with Gasteiger partial charge in [0.1, 0.15) is 6.10 Å². The molecule has 0 aliphatic carbocycles. The van der Waals surface area contributed by atoms with Gasteiger partial charge in [-0.2, -0.15) is 5.10 Å². The third-order valence-electron chi connectivity index (χ3n) is 4.42. The van der Waals surface area contributed by atoms with Crippen LogP contribution in [-0.4, -0.2) is 65.0 Å². The zero-order chi connectivity index (χ0) is 17.1. The van der Waals surface area contributed by atoms with Crippen LogP contribution in [0.3, 0.4) is 0 Å². The third kappa shape index (κ3) is 3.59. The average molecular weight is 336 g/mol. The monoisotopic (exact) mass is 336 g/mol. The lowest BCUT2D eigenvalue weighted by Crippen LogP contribution is -2.44. The van der Waals surface area contributed by atoms with Gasteiger partial charge in [-0.05, 0) is 19.4 Å². The Morgan fingerprint density at radius 2 is 2.25 bits per heavy atom. The fourth-order valence-corrected chi connectivity index (χ4v) is 3.13. The zero-order valence-corrected chi connectivity index (χ0v) is 14.2. The van der Waals surface area contributed by atoms with E-state index in [9.17, 15) is 9.59 Å². The summed E-state index contributed by atoms with van der Waals surface area (Å²) in [6, 6.07) is 1.61. The van der Waals surface area contributed by atoms with Gasteiger partial charge in [-0.25, -0.2) is 0 Å². The minimum absolute atomic E-state index is 0.0401. The number of hydrogen-bond donors (Lipinski definition) is 1. The van der Waals surface area contributed by atoms with Crippen molar-refractivity contribution in [2.45, 2.75) is 45.5 Å². The van der Waals surface area contributed by atoms with Crippen LogP contribution >= 0.6 is 0 Å². The van der Waals surface area contributed by atoms with Crippen molar-refractivity contribution < 1.29 is 19.1 Å². The number of rotatable bonds is 4. The van der Waals surface area contributed by atoms with Gasteiger partial charge in [-0.15, -0.1) is 0 Å². The van der Waals surface area contributed by atoms with E-state index in [2.05, 4.69) is 10.4 Å². The van der Waals surface area contributed by atoms with Crippen molar-refractivity contribution in [2.75, 3.05) is 26.4 Å². The number of nitrogens with one attached hydrogen (secondary N) is 1. The van der Waals surface area contributed by atoms with Crippen LogP contribution in [0.15, 0.2) is 6.07 Å². The molecule has 0 aromatic carbocycles. The van der Waals surface area contributed by atoms with Crippen LogP contribution in [0, 0.1) is 0 Å². The minimum atomic E-state index is -0.231. The van der Waals surface area contributed by atoms with Gasteiger partial charge in [0.2, 0.25) is 5.91 Å². The second-order valence-electron chi connectivity index (χ2n) is 6.15. The highest BCUT2D eigenvalue weighted by Crippen LogP contribution is 2.15. The van der Waals surface area contributed by atoms with Crippen molar-refractivity contribution in [3.8, 4) is 0 Å². The third-order valence-corrected chi connectivity index (χ3v) is 4.42. The number of carbonyl (C=O) groups is 2. The summed E-state index contributed by atoms with van der Waals surface area (Å²) in [6.07, 6.45) is 0.714. The first kappa shape index (κ1) is 16.9. The predicted molar refractivity (Wildman–Crippen MR) is 85.4 cm³/mol. The molecule has 2 atom stereocenters. The molecule has 0 radical (unpaired) electrons. The topological polar surface area (TPSA) is 85.7 Å². The fourth-order valence-electron chi connectivity index (χ4n) is 3.13. The molecule has 0 saturated carbocycles. The highest BCUT2D eigenvalue weighted by Gasteiger charge is 2.31. The summed E-state index contributed by atoms with van der Waals surface area (Å²) < 4.78 is 12.8. The predicted octanol–water partition coefficient (Wildman–Crippen LogP) is 0.169. The quantitative estimate of drug-likeness (QED) is 0.847. The molecule has 2 amide bonds. The van der Waals surface area contributed by atoms with E-state index in [1.807, 2.05) is 11.6 Å². The maximum atomic E-state index is 12.5. The zero-order valence-electron chi connectivity index (χ0n) is 14.2. The molecule has 1 aromatic heterocycles. The Labute approximate surface area is 141 Å². The molecule has 3 heterocycles. The van der Waals surface area contributed by atoms with E-state index in [0.717, 1.165) is 18.7 Å². The first-order valence-electron chi connectivity index (χ1n) is 8.41. The number of nitrogens with zero attached hydrogens (tertiary/aromatic N) is 3. The van der Waals surface area contributed by atoms with Crippen LogP contribution in [0.4, 0.5) is 0 Å². The lowest BCUT2D eigenvalue weighted by Gasteiger charge is -2.18. The molecular weight excluding hydrogens is 312 g/mol. The molecule has 1 aromatic rings. The Morgan fingerprint density at radius 3 is 3.00 bits per heavy atom. The number of carbonyl (C=O) groups excluding carboxylic acids is 2. The first-order chi connectivity index (χ1) is 11.6. The summed E-state index contributed by atoms with van der Waals surface area (Å²) in [5.41, 5.74) is 1.26. The second kappa shape index (κ2) is 7.31. The number of fused-ring (bicyclic) bond motifs is 1. The van der Waals surface area contributed by atoms with E-state index in [4.69, 9.17) is 9.47 Å². The Balaban J connectivity index is 1.68. The van der Waals surface area contributed by atoms with Crippen molar-refractivity contribution in [3.63, 3.8) is 0 Å². The molecule has 24 heavy (non-hydrogen) atoms. The molecule has 3 rings (SSSR count). The van der Waals surface area contributed by atoms with Crippen LogP contribution in [-0.2, 0) is 27.4 Å². The molecular formula is C16H24N4O4.